The third-order valence-electron chi connectivity index (χ3n) is 3.69. The number of hydrogen-bond donors (Lipinski definition) is 0. The Morgan fingerprint density at radius 2 is 2.05 bits per heavy atom. The lowest BCUT2D eigenvalue weighted by atomic mass is 10.1. The Balaban J connectivity index is 1.95. The van der Waals surface area contributed by atoms with Gasteiger partial charge in [0.2, 0.25) is 10.0 Å². The molecule has 1 aliphatic heterocycles. The second-order valence-corrected chi connectivity index (χ2v) is 7.23. The Morgan fingerprint density at radius 1 is 1.27 bits per heavy atom. The van der Waals surface area contributed by atoms with Crippen LogP contribution >= 0.6 is 0 Å². The Bertz CT molecular complexity index is 730. The molecule has 7 nitrogen and oxygen atoms in total. The Morgan fingerprint density at radius 3 is 2.77 bits per heavy atom. The van der Waals surface area contributed by atoms with Crippen LogP contribution in [0.15, 0.2) is 41.6 Å². The van der Waals surface area contributed by atoms with Crippen molar-refractivity contribution in [1.29, 1.82) is 0 Å². The molecule has 2 aromatic rings. The molecule has 22 heavy (non-hydrogen) atoms. The van der Waals surface area contributed by atoms with Crippen LogP contribution in [0.4, 0.5) is 0 Å². The van der Waals surface area contributed by atoms with Crippen molar-refractivity contribution in [2.24, 2.45) is 5.92 Å². The second-order valence-electron chi connectivity index (χ2n) is 5.29. The van der Waals surface area contributed by atoms with Gasteiger partial charge in [0.25, 0.3) is 0 Å². The van der Waals surface area contributed by atoms with Gasteiger partial charge in [-0.2, -0.15) is 9.40 Å². The van der Waals surface area contributed by atoms with Gasteiger partial charge in [-0.15, -0.1) is 0 Å². The average Bonchev–Trinajstić information content (AvgIpc) is 2.87. The summed E-state index contributed by atoms with van der Waals surface area (Å²) in [5.74, 6) is 0.685. The van der Waals surface area contributed by atoms with Gasteiger partial charge in [0.05, 0.1) is 18.0 Å². The van der Waals surface area contributed by atoms with Gasteiger partial charge < -0.3 is 4.74 Å². The number of hydrogen-bond acceptors (Lipinski definition) is 5. The minimum absolute atomic E-state index is 0.0337. The number of nitrogens with zero attached hydrogens (tertiary/aromatic N) is 4. The maximum absolute atomic E-state index is 12.8. The highest BCUT2D eigenvalue weighted by Crippen LogP contribution is 2.22. The normalized spacial score (nSPS) is 19.6. The van der Waals surface area contributed by atoms with E-state index in [0.717, 1.165) is 0 Å². The SMILES string of the molecule is COC[C@@H]1CN(S(=O)(=O)c2ccccc2)Cc2ncnn2C1. The number of benzene rings is 1. The van der Waals surface area contributed by atoms with Crippen LogP contribution in [0.1, 0.15) is 5.82 Å². The zero-order valence-electron chi connectivity index (χ0n) is 12.3. The van der Waals surface area contributed by atoms with Gasteiger partial charge in [0.1, 0.15) is 12.2 Å². The van der Waals surface area contributed by atoms with E-state index >= 15 is 0 Å². The summed E-state index contributed by atoms with van der Waals surface area (Å²) >= 11 is 0. The monoisotopic (exact) mass is 322 g/mol. The van der Waals surface area contributed by atoms with Crippen LogP contribution in [0, 0.1) is 5.92 Å². The quantitative estimate of drug-likeness (QED) is 0.830. The second kappa shape index (κ2) is 6.15. The van der Waals surface area contributed by atoms with Crippen molar-refractivity contribution in [2.45, 2.75) is 18.0 Å². The fourth-order valence-electron chi connectivity index (χ4n) is 2.64. The van der Waals surface area contributed by atoms with Crippen molar-refractivity contribution in [2.75, 3.05) is 20.3 Å². The first kappa shape index (κ1) is 15.1. The van der Waals surface area contributed by atoms with E-state index in [9.17, 15) is 8.42 Å². The van der Waals surface area contributed by atoms with Crippen molar-refractivity contribution in [3.05, 3.63) is 42.5 Å². The van der Waals surface area contributed by atoms with Crippen LogP contribution in [0.5, 0.6) is 0 Å². The van der Waals surface area contributed by atoms with Gasteiger partial charge in [-0.25, -0.2) is 18.1 Å². The molecule has 118 valence electrons. The molecule has 0 saturated carbocycles. The number of rotatable bonds is 4. The highest BCUT2D eigenvalue weighted by atomic mass is 32.2. The molecule has 0 fully saturated rings. The molecule has 0 aliphatic carbocycles. The minimum atomic E-state index is -3.56. The zero-order valence-corrected chi connectivity index (χ0v) is 13.1. The van der Waals surface area contributed by atoms with Gasteiger partial charge in [-0.1, -0.05) is 18.2 Å². The molecule has 1 aromatic heterocycles. The summed E-state index contributed by atoms with van der Waals surface area (Å²) < 4.78 is 34.1. The van der Waals surface area contributed by atoms with Crippen molar-refractivity contribution < 1.29 is 13.2 Å². The van der Waals surface area contributed by atoms with E-state index in [-0.39, 0.29) is 12.5 Å². The van der Waals surface area contributed by atoms with Gasteiger partial charge in [0, 0.05) is 26.1 Å². The van der Waals surface area contributed by atoms with Crippen LogP contribution < -0.4 is 0 Å². The first-order chi connectivity index (χ1) is 10.6. The zero-order chi connectivity index (χ0) is 15.6. The number of ether oxygens (including phenoxy) is 1. The molecule has 0 amide bonds. The van der Waals surface area contributed by atoms with E-state index in [1.807, 2.05) is 0 Å². The maximum Gasteiger partial charge on any atom is 0.243 e. The standard InChI is InChI=1S/C14H18N4O3S/c1-21-10-12-7-17(9-14-15-11-16-18(14)8-12)22(19,20)13-5-3-2-4-6-13/h2-6,11-12H,7-10H2,1H3/t12-/m1/s1. The summed E-state index contributed by atoms with van der Waals surface area (Å²) in [6.07, 6.45) is 1.46. The molecular weight excluding hydrogens is 304 g/mol. The first-order valence-electron chi connectivity index (χ1n) is 7.02. The Kier molecular flexibility index (Phi) is 4.23. The van der Waals surface area contributed by atoms with Gasteiger partial charge in [-0.3, -0.25) is 0 Å². The number of aromatic nitrogens is 3. The van der Waals surface area contributed by atoms with Crippen LogP contribution in [-0.4, -0.2) is 47.7 Å². The molecule has 2 heterocycles. The molecule has 1 aromatic carbocycles. The lowest BCUT2D eigenvalue weighted by Gasteiger charge is -2.23. The number of fused-ring (bicyclic) bond motifs is 1. The molecule has 0 radical (unpaired) electrons. The molecule has 0 bridgehead atoms. The first-order valence-corrected chi connectivity index (χ1v) is 8.46. The summed E-state index contributed by atoms with van der Waals surface area (Å²) in [5, 5.41) is 4.17. The van der Waals surface area contributed by atoms with E-state index in [0.29, 0.717) is 30.4 Å². The number of sulfonamides is 1. The van der Waals surface area contributed by atoms with Crippen molar-refractivity contribution in [1.82, 2.24) is 19.1 Å². The largest absolute Gasteiger partial charge is 0.384 e. The average molecular weight is 322 g/mol. The Labute approximate surface area is 129 Å². The van der Waals surface area contributed by atoms with Crippen LogP contribution in [0.2, 0.25) is 0 Å². The van der Waals surface area contributed by atoms with E-state index in [4.69, 9.17) is 4.74 Å². The van der Waals surface area contributed by atoms with Gasteiger partial charge in [-0.05, 0) is 12.1 Å². The van der Waals surface area contributed by atoms with Gasteiger partial charge >= 0.3 is 0 Å². The van der Waals surface area contributed by atoms with Crippen molar-refractivity contribution >= 4 is 10.0 Å². The van der Waals surface area contributed by atoms with Crippen LogP contribution in [0.3, 0.4) is 0 Å². The molecule has 0 saturated heterocycles. The molecule has 0 spiro atoms. The highest BCUT2D eigenvalue weighted by molar-refractivity contribution is 7.89. The molecular formula is C14H18N4O3S. The summed E-state index contributed by atoms with van der Waals surface area (Å²) in [7, 11) is -1.95. The topological polar surface area (TPSA) is 77.3 Å². The molecule has 3 rings (SSSR count). The van der Waals surface area contributed by atoms with Gasteiger partial charge in [0.15, 0.2) is 0 Å². The molecule has 1 aliphatic rings. The molecule has 1 atom stereocenters. The smallest absolute Gasteiger partial charge is 0.243 e. The van der Waals surface area contributed by atoms with E-state index in [2.05, 4.69) is 10.1 Å². The summed E-state index contributed by atoms with van der Waals surface area (Å²) in [4.78, 5) is 4.46. The summed E-state index contributed by atoms with van der Waals surface area (Å²) in [6, 6.07) is 8.46. The minimum Gasteiger partial charge on any atom is -0.384 e. The van der Waals surface area contributed by atoms with Crippen molar-refractivity contribution in [3.8, 4) is 0 Å². The lowest BCUT2D eigenvalue weighted by Crippen LogP contribution is -2.35. The maximum atomic E-state index is 12.8. The number of methoxy groups -OCH3 is 1. The van der Waals surface area contributed by atoms with Crippen molar-refractivity contribution in [3.63, 3.8) is 0 Å². The molecule has 0 N–H and O–H groups in total. The fourth-order valence-corrected chi connectivity index (χ4v) is 4.13. The lowest BCUT2D eigenvalue weighted by molar-refractivity contribution is 0.133. The molecule has 0 unspecified atom stereocenters. The third kappa shape index (κ3) is 2.90. The van der Waals surface area contributed by atoms with Crippen LogP contribution in [0.25, 0.3) is 0 Å². The summed E-state index contributed by atoms with van der Waals surface area (Å²) in [6.45, 7) is 1.68. The highest BCUT2D eigenvalue weighted by Gasteiger charge is 2.31. The fraction of sp³-hybridized carbons (Fsp3) is 0.429. The predicted molar refractivity (Wildman–Crippen MR) is 79.4 cm³/mol. The van der Waals surface area contributed by atoms with E-state index < -0.39 is 10.0 Å². The molecule has 8 heteroatoms. The third-order valence-corrected chi connectivity index (χ3v) is 5.52. The predicted octanol–water partition coefficient (Wildman–Crippen LogP) is 0.745. The van der Waals surface area contributed by atoms with E-state index in [1.165, 1.54) is 10.6 Å². The summed E-state index contributed by atoms with van der Waals surface area (Å²) in [5.41, 5.74) is 0. The van der Waals surface area contributed by atoms with E-state index in [1.54, 1.807) is 42.1 Å². The van der Waals surface area contributed by atoms with Crippen LogP contribution in [-0.2, 0) is 27.8 Å². The Hall–Kier alpha value is -1.77.